The molecule has 0 bridgehead atoms. The minimum Gasteiger partial charge on any atom is -0.339 e. The van der Waals surface area contributed by atoms with E-state index in [0.29, 0.717) is 29.9 Å². The van der Waals surface area contributed by atoms with Crippen molar-refractivity contribution in [1.29, 1.82) is 0 Å². The largest absolute Gasteiger partial charge is 0.339 e. The van der Waals surface area contributed by atoms with Crippen LogP contribution in [0, 0.1) is 0 Å². The fourth-order valence-electron chi connectivity index (χ4n) is 2.96. The van der Waals surface area contributed by atoms with Gasteiger partial charge >= 0.3 is 0 Å². The van der Waals surface area contributed by atoms with Crippen LogP contribution >= 0.6 is 11.3 Å². The Morgan fingerprint density at radius 3 is 2.83 bits per heavy atom. The highest BCUT2D eigenvalue weighted by molar-refractivity contribution is 7.08. The van der Waals surface area contributed by atoms with Crippen molar-refractivity contribution in [1.82, 2.24) is 30.3 Å². The van der Waals surface area contributed by atoms with E-state index in [1.807, 2.05) is 45.8 Å². The second-order valence-corrected chi connectivity index (χ2v) is 7.61. The van der Waals surface area contributed by atoms with E-state index in [0.717, 1.165) is 29.8 Å². The van der Waals surface area contributed by atoms with Gasteiger partial charge in [-0.1, -0.05) is 5.16 Å². The predicted molar refractivity (Wildman–Crippen MR) is 106 cm³/mol. The molecule has 5 rings (SSSR count). The Labute approximate surface area is 169 Å². The lowest BCUT2D eigenvalue weighted by Crippen LogP contribution is -2.12. The summed E-state index contributed by atoms with van der Waals surface area (Å²) in [6, 6.07) is 9.85. The number of carbonyl (C=O) groups excluding carboxylic acids is 1. The number of aryl methyl sites for hydroxylation is 1. The van der Waals surface area contributed by atoms with Crippen LogP contribution in [0.1, 0.15) is 31.2 Å². The van der Waals surface area contributed by atoms with Crippen molar-refractivity contribution >= 4 is 22.9 Å². The van der Waals surface area contributed by atoms with Crippen LogP contribution < -0.4 is 5.32 Å². The summed E-state index contributed by atoms with van der Waals surface area (Å²) in [4.78, 5) is 16.6. The van der Waals surface area contributed by atoms with Crippen LogP contribution in [0.15, 0.2) is 45.6 Å². The lowest BCUT2D eigenvalue weighted by atomic mass is 10.2. The Bertz CT molecular complexity index is 1110. The minimum absolute atomic E-state index is 0.115. The Morgan fingerprint density at radius 2 is 2.07 bits per heavy atom. The van der Waals surface area contributed by atoms with E-state index in [4.69, 9.17) is 4.52 Å². The maximum Gasteiger partial charge on any atom is 0.227 e. The van der Waals surface area contributed by atoms with Gasteiger partial charge in [0.2, 0.25) is 17.6 Å². The summed E-state index contributed by atoms with van der Waals surface area (Å²) in [6.45, 7) is 0. The average Bonchev–Trinajstić information content (AvgIpc) is 3.17. The third-order valence-corrected chi connectivity index (χ3v) is 5.31. The molecular weight excluding hydrogens is 390 g/mol. The number of thiophene rings is 1. The molecule has 0 atom stereocenters. The summed E-state index contributed by atoms with van der Waals surface area (Å²) in [6.07, 6.45) is 2.87. The summed E-state index contributed by atoms with van der Waals surface area (Å²) in [5.41, 5.74) is 2.56. The van der Waals surface area contributed by atoms with Crippen LogP contribution in [-0.4, -0.2) is 36.3 Å². The van der Waals surface area contributed by atoms with Crippen LogP contribution in [-0.2, 0) is 11.2 Å². The molecule has 1 aromatic carbocycles. The van der Waals surface area contributed by atoms with E-state index in [2.05, 4.69) is 31.0 Å². The zero-order valence-corrected chi connectivity index (χ0v) is 16.2. The zero-order chi connectivity index (χ0) is 19.6. The molecule has 1 aliphatic carbocycles. The number of nitrogens with one attached hydrogen (secondary N) is 1. The number of anilines is 1. The maximum absolute atomic E-state index is 12.3. The van der Waals surface area contributed by atoms with Crippen LogP contribution in [0.25, 0.3) is 22.8 Å². The molecule has 0 unspecified atom stereocenters. The van der Waals surface area contributed by atoms with Crippen molar-refractivity contribution in [2.24, 2.45) is 0 Å². The van der Waals surface area contributed by atoms with Crippen LogP contribution in [0.5, 0.6) is 0 Å². The number of hydrogen-bond acceptors (Lipinski definition) is 8. The minimum atomic E-state index is -0.115. The molecule has 0 saturated heterocycles. The molecule has 1 N–H and O–H groups in total. The van der Waals surface area contributed by atoms with Gasteiger partial charge in [-0.25, -0.2) is 4.68 Å². The SMILES string of the molecule is O=C(CCc1nc(-c2ccsc2)no1)Nc1ccc(-c2nnnn2C2CC2)cc1. The second kappa shape index (κ2) is 7.55. The first kappa shape index (κ1) is 17.7. The van der Waals surface area contributed by atoms with Gasteiger partial charge in [-0.05, 0) is 59.0 Å². The standard InChI is InChI=1S/C19H17N7O2S/c27-16(7-8-17-21-18(23-28-17)13-9-10-29-11-13)20-14-3-1-12(2-4-14)19-22-24-25-26(19)15-5-6-15/h1-4,9-11,15H,5-8H2,(H,20,27). The Morgan fingerprint density at radius 1 is 1.21 bits per heavy atom. The molecule has 4 aromatic rings. The fourth-order valence-corrected chi connectivity index (χ4v) is 3.59. The number of carbonyl (C=O) groups is 1. The molecule has 3 heterocycles. The molecule has 146 valence electrons. The molecule has 0 radical (unpaired) electrons. The van der Waals surface area contributed by atoms with Gasteiger partial charge in [-0.3, -0.25) is 4.79 Å². The highest BCUT2D eigenvalue weighted by atomic mass is 32.1. The zero-order valence-electron chi connectivity index (χ0n) is 15.4. The number of tetrazole rings is 1. The molecule has 10 heteroatoms. The average molecular weight is 407 g/mol. The molecule has 3 aromatic heterocycles. The number of hydrogen-bond donors (Lipinski definition) is 1. The molecule has 0 aliphatic heterocycles. The van der Waals surface area contributed by atoms with Gasteiger partial charge in [0.05, 0.1) is 6.04 Å². The fraction of sp³-hybridized carbons (Fsp3) is 0.263. The number of rotatable bonds is 7. The number of benzene rings is 1. The van der Waals surface area contributed by atoms with Crippen LogP contribution in [0.2, 0.25) is 0 Å². The van der Waals surface area contributed by atoms with Gasteiger partial charge in [-0.2, -0.15) is 16.3 Å². The van der Waals surface area contributed by atoms with E-state index in [9.17, 15) is 4.79 Å². The molecule has 1 fully saturated rings. The number of aromatic nitrogens is 6. The van der Waals surface area contributed by atoms with E-state index in [1.54, 1.807) is 11.3 Å². The Balaban J connectivity index is 1.17. The van der Waals surface area contributed by atoms with E-state index >= 15 is 0 Å². The van der Waals surface area contributed by atoms with Crippen molar-refractivity contribution in [2.45, 2.75) is 31.7 Å². The third kappa shape index (κ3) is 3.92. The summed E-state index contributed by atoms with van der Waals surface area (Å²) in [7, 11) is 0. The van der Waals surface area contributed by atoms with E-state index in [1.165, 1.54) is 0 Å². The Kier molecular flexibility index (Phi) is 4.60. The topological polar surface area (TPSA) is 112 Å². The van der Waals surface area contributed by atoms with E-state index in [-0.39, 0.29) is 12.3 Å². The van der Waals surface area contributed by atoms with Crippen molar-refractivity contribution in [3.63, 3.8) is 0 Å². The van der Waals surface area contributed by atoms with Crippen molar-refractivity contribution in [3.05, 3.63) is 47.0 Å². The first-order chi connectivity index (χ1) is 14.3. The monoisotopic (exact) mass is 407 g/mol. The number of nitrogens with zero attached hydrogens (tertiary/aromatic N) is 6. The molecule has 0 spiro atoms. The van der Waals surface area contributed by atoms with Gasteiger partial charge in [0, 0.05) is 35.0 Å². The highest BCUT2D eigenvalue weighted by Crippen LogP contribution is 2.36. The predicted octanol–water partition coefficient (Wildman–Crippen LogP) is 3.36. The highest BCUT2D eigenvalue weighted by Gasteiger charge is 2.28. The van der Waals surface area contributed by atoms with Gasteiger partial charge in [0.25, 0.3) is 0 Å². The van der Waals surface area contributed by atoms with Crippen molar-refractivity contribution in [2.75, 3.05) is 5.32 Å². The molecular formula is C19H17N7O2S. The smallest absolute Gasteiger partial charge is 0.227 e. The Hall–Kier alpha value is -3.40. The molecule has 1 aliphatic rings. The van der Waals surface area contributed by atoms with Crippen LogP contribution in [0.3, 0.4) is 0 Å². The van der Waals surface area contributed by atoms with Crippen LogP contribution in [0.4, 0.5) is 5.69 Å². The number of amides is 1. The molecule has 29 heavy (non-hydrogen) atoms. The van der Waals surface area contributed by atoms with Crippen molar-refractivity contribution < 1.29 is 9.32 Å². The molecule has 1 amide bonds. The summed E-state index contributed by atoms with van der Waals surface area (Å²) in [5.74, 6) is 1.63. The quantitative estimate of drug-likeness (QED) is 0.500. The molecule has 9 nitrogen and oxygen atoms in total. The summed E-state index contributed by atoms with van der Waals surface area (Å²) >= 11 is 1.57. The lowest BCUT2D eigenvalue weighted by Gasteiger charge is -2.06. The van der Waals surface area contributed by atoms with Gasteiger partial charge in [-0.15, -0.1) is 5.10 Å². The van der Waals surface area contributed by atoms with E-state index < -0.39 is 0 Å². The normalized spacial score (nSPS) is 13.5. The van der Waals surface area contributed by atoms with Crippen molar-refractivity contribution in [3.8, 4) is 22.8 Å². The maximum atomic E-state index is 12.3. The third-order valence-electron chi connectivity index (χ3n) is 4.63. The lowest BCUT2D eigenvalue weighted by molar-refractivity contribution is -0.116. The van der Waals surface area contributed by atoms with Gasteiger partial charge in [0.1, 0.15) is 0 Å². The summed E-state index contributed by atoms with van der Waals surface area (Å²) in [5, 5.41) is 22.7. The van der Waals surface area contributed by atoms with Gasteiger partial charge < -0.3 is 9.84 Å². The summed E-state index contributed by atoms with van der Waals surface area (Å²) < 4.78 is 7.09. The second-order valence-electron chi connectivity index (χ2n) is 6.83. The molecule has 1 saturated carbocycles. The van der Waals surface area contributed by atoms with Gasteiger partial charge in [0.15, 0.2) is 5.82 Å². The first-order valence-corrected chi connectivity index (χ1v) is 10.2. The first-order valence-electron chi connectivity index (χ1n) is 9.29.